The van der Waals surface area contributed by atoms with Crippen molar-refractivity contribution in [3.63, 3.8) is 0 Å². The number of amides is 1. The molecular weight excluding hydrogens is 260 g/mol. The number of nitrogens with one attached hydrogen (secondary N) is 1. The monoisotopic (exact) mass is 282 g/mol. The summed E-state index contributed by atoms with van der Waals surface area (Å²) in [5, 5.41) is 3.00. The number of benzene rings is 1. The van der Waals surface area contributed by atoms with Crippen LogP contribution in [-0.4, -0.2) is 17.4 Å². The Morgan fingerprint density at radius 2 is 2.00 bits per heavy atom. The third kappa shape index (κ3) is 4.71. The van der Waals surface area contributed by atoms with Crippen LogP contribution in [0.2, 0.25) is 0 Å². The van der Waals surface area contributed by atoms with Crippen LogP contribution in [0.1, 0.15) is 36.0 Å². The molecule has 110 valence electrons. The van der Waals surface area contributed by atoms with Gasteiger partial charge in [0.05, 0.1) is 6.42 Å². The minimum atomic E-state index is 0.0737. The maximum atomic E-state index is 12.0. The maximum absolute atomic E-state index is 12.0. The van der Waals surface area contributed by atoms with Crippen LogP contribution in [0.15, 0.2) is 48.8 Å². The molecule has 0 saturated carbocycles. The van der Waals surface area contributed by atoms with Crippen molar-refractivity contribution in [1.82, 2.24) is 10.3 Å². The van der Waals surface area contributed by atoms with Gasteiger partial charge in [0.15, 0.2) is 0 Å². The number of hydrogen-bond donors (Lipinski definition) is 1. The van der Waals surface area contributed by atoms with Crippen LogP contribution in [0.3, 0.4) is 0 Å². The molecule has 1 unspecified atom stereocenters. The van der Waals surface area contributed by atoms with Gasteiger partial charge in [-0.2, -0.15) is 0 Å². The molecule has 1 atom stereocenters. The van der Waals surface area contributed by atoms with E-state index in [-0.39, 0.29) is 5.91 Å². The molecule has 3 nitrogen and oxygen atoms in total. The van der Waals surface area contributed by atoms with E-state index >= 15 is 0 Å². The molecule has 0 aliphatic heterocycles. The number of nitrogens with zero attached hydrogens (tertiary/aromatic N) is 1. The molecule has 1 N–H and O–H groups in total. The Kier molecular flexibility index (Phi) is 5.50. The van der Waals surface area contributed by atoms with Gasteiger partial charge in [-0.3, -0.25) is 9.78 Å². The molecular formula is C18H22N2O. The second kappa shape index (κ2) is 7.58. The summed E-state index contributed by atoms with van der Waals surface area (Å²) in [6.07, 6.45) is 4.90. The van der Waals surface area contributed by atoms with Crippen LogP contribution in [-0.2, 0) is 11.2 Å². The zero-order valence-corrected chi connectivity index (χ0v) is 12.7. The Morgan fingerprint density at radius 1 is 1.24 bits per heavy atom. The second-order valence-corrected chi connectivity index (χ2v) is 5.43. The Morgan fingerprint density at radius 3 is 2.71 bits per heavy atom. The van der Waals surface area contributed by atoms with Crippen molar-refractivity contribution >= 4 is 5.91 Å². The van der Waals surface area contributed by atoms with Crippen molar-refractivity contribution in [2.75, 3.05) is 6.54 Å². The molecule has 0 spiro atoms. The van der Waals surface area contributed by atoms with Gasteiger partial charge >= 0.3 is 0 Å². The Labute approximate surface area is 126 Å². The van der Waals surface area contributed by atoms with E-state index in [1.807, 2.05) is 19.1 Å². The molecule has 0 saturated heterocycles. The summed E-state index contributed by atoms with van der Waals surface area (Å²) in [7, 11) is 0. The van der Waals surface area contributed by atoms with E-state index in [9.17, 15) is 4.79 Å². The first-order valence-corrected chi connectivity index (χ1v) is 7.38. The van der Waals surface area contributed by atoms with Crippen molar-refractivity contribution in [3.05, 3.63) is 65.5 Å². The molecule has 1 aromatic carbocycles. The largest absolute Gasteiger partial charge is 0.356 e. The summed E-state index contributed by atoms with van der Waals surface area (Å²) in [5.74, 6) is 0.527. The molecule has 1 heterocycles. The lowest BCUT2D eigenvalue weighted by molar-refractivity contribution is -0.120. The van der Waals surface area contributed by atoms with Crippen LogP contribution in [0.5, 0.6) is 0 Å². The summed E-state index contributed by atoms with van der Waals surface area (Å²) < 4.78 is 0. The Hall–Kier alpha value is -2.16. The predicted octanol–water partition coefficient (Wildman–Crippen LogP) is 3.24. The standard InChI is InChI=1S/C18H22N2O/c1-14(16-6-4-3-5-7-16)8-11-20-18(21)12-17-9-10-19-13-15(17)2/h3-7,9-10,13-14H,8,11-12H2,1-2H3,(H,20,21). The molecule has 0 aliphatic carbocycles. The highest BCUT2D eigenvalue weighted by molar-refractivity contribution is 5.78. The highest BCUT2D eigenvalue weighted by atomic mass is 16.1. The zero-order chi connectivity index (χ0) is 15.1. The molecule has 0 bridgehead atoms. The minimum Gasteiger partial charge on any atom is -0.356 e. The summed E-state index contributed by atoms with van der Waals surface area (Å²) in [6.45, 7) is 4.88. The van der Waals surface area contributed by atoms with E-state index in [0.717, 1.165) is 17.5 Å². The second-order valence-electron chi connectivity index (χ2n) is 5.43. The van der Waals surface area contributed by atoms with E-state index in [1.165, 1.54) is 5.56 Å². The van der Waals surface area contributed by atoms with E-state index in [2.05, 4.69) is 41.5 Å². The number of rotatable bonds is 6. The zero-order valence-electron chi connectivity index (χ0n) is 12.7. The number of carbonyl (C=O) groups is 1. The van der Waals surface area contributed by atoms with Gasteiger partial charge < -0.3 is 5.32 Å². The normalized spacial score (nSPS) is 11.9. The third-order valence-electron chi connectivity index (χ3n) is 3.76. The highest BCUT2D eigenvalue weighted by Crippen LogP contribution is 2.17. The van der Waals surface area contributed by atoms with E-state index in [0.29, 0.717) is 18.9 Å². The summed E-state index contributed by atoms with van der Waals surface area (Å²) in [5.41, 5.74) is 3.42. The Bertz CT molecular complexity index is 581. The van der Waals surface area contributed by atoms with Gasteiger partial charge in [0.1, 0.15) is 0 Å². The van der Waals surface area contributed by atoms with Crippen molar-refractivity contribution in [2.45, 2.75) is 32.6 Å². The fraction of sp³-hybridized carbons (Fsp3) is 0.333. The molecule has 1 amide bonds. The minimum absolute atomic E-state index is 0.0737. The van der Waals surface area contributed by atoms with Gasteiger partial charge in [-0.15, -0.1) is 0 Å². The van der Waals surface area contributed by atoms with Gasteiger partial charge in [-0.25, -0.2) is 0 Å². The summed E-state index contributed by atoms with van der Waals surface area (Å²) in [6, 6.07) is 12.3. The fourth-order valence-corrected chi connectivity index (χ4v) is 2.31. The van der Waals surface area contributed by atoms with Gasteiger partial charge in [-0.05, 0) is 42.0 Å². The van der Waals surface area contributed by atoms with Crippen molar-refractivity contribution in [2.24, 2.45) is 0 Å². The van der Waals surface area contributed by atoms with Crippen molar-refractivity contribution in [3.8, 4) is 0 Å². The number of hydrogen-bond acceptors (Lipinski definition) is 2. The quantitative estimate of drug-likeness (QED) is 0.883. The van der Waals surface area contributed by atoms with E-state index < -0.39 is 0 Å². The lowest BCUT2D eigenvalue weighted by Gasteiger charge is -2.12. The third-order valence-corrected chi connectivity index (χ3v) is 3.76. The lowest BCUT2D eigenvalue weighted by Crippen LogP contribution is -2.27. The molecule has 21 heavy (non-hydrogen) atoms. The van der Waals surface area contributed by atoms with E-state index in [1.54, 1.807) is 12.4 Å². The number of aryl methyl sites for hydroxylation is 1. The topological polar surface area (TPSA) is 42.0 Å². The lowest BCUT2D eigenvalue weighted by atomic mass is 9.98. The average molecular weight is 282 g/mol. The molecule has 1 aromatic heterocycles. The Balaban J connectivity index is 1.76. The first-order chi connectivity index (χ1) is 10.2. The highest BCUT2D eigenvalue weighted by Gasteiger charge is 2.08. The van der Waals surface area contributed by atoms with Gasteiger partial charge in [-0.1, -0.05) is 37.3 Å². The van der Waals surface area contributed by atoms with E-state index in [4.69, 9.17) is 0 Å². The van der Waals surface area contributed by atoms with Crippen molar-refractivity contribution in [1.29, 1.82) is 0 Å². The molecule has 0 aliphatic rings. The number of pyridine rings is 1. The van der Waals surface area contributed by atoms with Crippen LogP contribution >= 0.6 is 0 Å². The number of carbonyl (C=O) groups excluding carboxylic acids is 1. The van der Waals surface area contributed by atoms with Crippen LogP contribution in [0, 0.1) is 6.92 Å². The average Bonchev–Trinajstić information content (AvgIpc) is 2.50. The molecule has 0 fully saturated rings. The predicted molar refractivity (Wildman–Crippen MR) is 85.2 cm³/mol. The van der Waals surface area contributed by atoms with Gasteiger partial charge in [0.2, 0.25) is 5.91 Å². The molecule has 0 radical (unpaired) electrons. The molecule has 2 aromatic rings. The first kappa shape index (κ1) is 15.2. The smallest absolute Gasteiger partial charge is 0.224 e. The van der Waals surface area contributed by atoms with Crippen LogP contribution < -0.4 is 5.32 Å². The molecule has 2 rings (SSSR count). The number of aromatic nitrogens is 1. The summed E-state index contributed by atoms with van der Waals surface area (Å²) >= 11 is 0. The first-order valence-electron chi connectivity index (χ1n) is 7.38. The maximum Gasteiger partial charge on any atom is 0.224 e. The SMILES string of the molecule is Cc1cnccc1CC(=O)NCCC(C)c1ccccc1. The van der Waals surface area contributed by atoms with Gasteiger partial charge in [0, 0.05) is 18.9 Å². The van der Waals surface area contributed by atoms with Crippen LogP contribution in [0.25, 0.3) is 0 Å². The van der Waals surface area contributed by atoms with Gasteiger partial charge in [0.25, 0.3) is 0 Å². The van der Waals surface area contributed by atoms with Crippen molar-refractivity contribution < 1.29 is 4.79 Å². The fourth-order valence-electron chi connectivity index (χ4n) is 2.31. The molecule has 3 heteroatoms. The van der Waals surface area contributed by atoms with Crippen LogP contribution in [0.4, 0.5) is 0 Å². The summed E-state index contributed by atoms with van der Waals surface area (Å²) in [4.78, 5) is 16.0.